The van der Waals surface area contributed by atoms with Crippen molar-refractivity contribution in [2.75, 3.05) is 13.2 Å². The summed E-state index contributed by atoms with van der Waals surface area (Å²) in [6, 6.07) is 16.3. The number of carboxylic acid groups (broad SMARTS) is 1. The normalized spacial score (nSPS) is 12.3. The standard InChI is InChI=1S/C21H19N3O4/c25-20(26)14-11-23-24(12-14)10-9-22-21(27)28-13-19-17-7-3-1-5-15(17)16-6-2-4-8-18(16)19/h1-8,11-12,19H,9-10,13H2,(H,22,27)(H,25,26). The maximum Gasteiger partial charge on any atom is 0.407 e. The SMILES string of the molecule is O=C(NCCn1cc(C(=O)O)cn1)OCC1c2ccccc2-c2ccccc21. The number of hydrogen-bond donors (Lipinski definition) is 2. The number of rotatable bonds is 6. The Balaban J connectivity index is 1.33. The number of amides is 1. The molecule has 0 fully saturated rings. The molecule has 1 heterocycles. The fourth-order valence-electron chi connectivity index (χ4n) is 3.52. The molecule has 0 spiro atoms. The summed E-state index contributed by atoms with van der Waals surface area (Å²) >= 11 is 0. The summed E-state index contributed by atoms with van der Waals surface area (Å²) in [4.78, 5) is 22.9. The molecule has 1 amide bonds. The molecule has 2 N–H and O–H groups in total. The first kappa shape index (κ1) is 17.8. The van der Waals surface area contributed by atoms with Crippen molar-refractivity contribution in [3.8, 4) is 11.1 Å². The highest BCUT2D eigenvalue weighted by atomic mass is 16.5. The second-order valence-electron chi connectivity index (χ2n) is 6.55. The Bertz CT molecular complexity index is 982. The van der Waals surface area contributed by atoms with Gasteiger partial charge in [-0.2, -0.15) is 5.10 Å². The van der Waals surface area contributed by atoms with Gasteiger partial charge in [0.2, 0.25) is 0 Å². The number of hydrogen-bond acceptors (Lipinski definition) is 4. The van der Waals surface area contributed by atoms with Crippen molar-refractivity contribution in [1.82, 2.24) is 15.1 Å². The Hall–Kier alpha value is -3.61. The lowest BCUT2D eigenvalue weighted by atomic mass is 9.98. The maximum absolute atomic E-state index is 12.1. The summed E-state index contributed by atoms with van der Waals surface area (Å²) in [5.74, 6) is -1.02. The third-order valence-electron chi connectivity index (χ3n) is 4.83. The first-order valence-corrected chi connectivity index (χ1v) is 8.98. The molecule has 1 aromatic heterocycles. The molecule has 0 saturated carbocycles. The number of carbonyl (C=O) groups is 2. The quantitative estimate of drug-likeness (QED) is 0.688. The van der Waals surface area contributed by atoms with E-state index in [9.17, 15) is 9.59 Å². The number of benzene rings is 2. The lowest BCUT2D eigenvalue weighted by molar-refractivity contribution is 0.0696. The molecule has 0 saturated heterocycles. The van der Waals surface area contributed by atoms with Gasteiger partial charge in [-0.25, -0.2) is 9.59 Å². The van der Waals surface area contributed by atoms with Gasteiger partial charge >= 0.3 is 12.1 Å². The van der Waals surface area contributed by atoms with E-state index in [0.29, 0.717) is 6.54 Å². The highest BCUT2D eigenvalue weighted by molar-refractivity contribution is 5.86. The Labute approximate surface area is 161 Å². The molecule has 142 valence electrons. The Morgan fingerprint density at radius 2 is 1.71 bits per heavy atom. The van der Waals surface area contributed by atoms with E-state index in [1.165, 1.54) is 28.2 Å². The molecule has 28 heavy (non-hydrogen) atoms. The molecule has 2 aromatic carbocycles. The Morgan fingerprint density at radius 3 is 2.32 bits per heavy atom. The van der Waals surface area contributed by atoms with Crippen molar-refractivity contribution in [2.24, 2.45) is 0 Å². The minimum absolute atomic E-state index is 0.0161. The van der Waals surface area contributed by atoms with Gasteiger partial charge in [-0.3, -0.25) is 4.68 Å². The van der Waals surface area contributed by atoms with Crippen molar-refractivity contribution in [3.05, 3.63) is 77.6 Å². The third kappa shape index (κ3) is 3.46. The van der Waals surface area contributed by atoms with Gasteiger partial charge in [-0.05, 0) is 22.3 Å². The average molecular weight is 377 g/mol. The number of carbonyl (C=O) groups excluding carboxylic acids is 1. The highest BCUT2D eigenvalue weighted by Crippen LogP contribution is 2.44. The van der Waals surface area contributed by atoms with Crippen LogP contribution in [0.2, 0.25) is 0 Å². The first-order chi connectivity index (χ1) is 13.6. The maximum atomic E-state index is 12.1. The van der Waals surface area contributed by atoms with Crippen LogP contribution in [0.3, 0.4) is 0 Å². The minimum atomic E-state index is -1.03. The molecule has 7 nitrogen and oxygen atoms in total. The Kier molecular flexibility index (Phi) is 4.80. The predicted molar refractivity (Wildman–Crippen MR) is 102 cm³/mol. The summed E-state index contributed by atoms with van der Waals surface area (Å²) in [5.41, 5.74) is 4.80. The second-order valence-corrected chi connectivity index (χ2v) is 6.55. The molecule has 0 radical (unpaired) electrons. The van der Waals surface area contributed by atoms with Crippen LogP contribution in [-0.2, 0) is 11.3 Å². The fraction of sp³-hybridized carbons (Fsp3) is 0.190. The van der Waals surface area contributed by atoms with Crippen LogP contribution in [0.4, 0.5) is 4.79 Å². The molecule has 1 aliphatic rings. The van der Waals surface area contributed by atoms with Gasteiger partial charge in [0.25, 0.3) is 0 Å². The molecule has 0 aliphatic heterocycles. The van der Waals surface area contributed by atoms with Gasteiger partial charge in [-0.1, -0.05) is 48.5 Å². The molecule has 1 aliphatic carbocycles. The van der Waals surface area contributed by atoms with Crippen molar-refractivity contribution in [2.45, 2.75) is 12.5 Å². The zero-order valence-electron chi connectivity index (χ0n) is 15.0. The lowest BCUT2D eigenvalue weighted by Crippen LogP contribution is -2.29. The highest BCUT2D eigenvalue weighted by Gasteiger charge is 2.28. The molecule has 4 rings (SSSR count). The lowest BCUT2D eigenvalue weighted by Gasteiger charge is -2.14. The van der Waals surface area contributed by atoms with Crippen LogP contribution in [0.15, 0.2) is 60.9 Å². The predicted octanol–water partition coefficient (Wildman–Crippen LogP) is 3.12. The molecule has 0 atom stereocenters. The van der Waals surface area contributed by atoms with E-state index in [2.05, 4.69) is 34.7 Å². The van der Waals surface area contributed by atoms with Gasteiger partial charge in [0.15, 0.2) is 0 Å². The zero-order chi connectivity index (χ0) is 19.5. The number of ether oxygens (including phenoxy) is 1. The first-order valence-electron chi connectivity index (χ1n) is 8.98. The molecule has 3 aromatic rings. The molecular weight excluding hydrogens is 358 g/mol. The summed E-state index contributed by atoms with van der Waals surface area (Å²) < 4.78 is 6.91. The number of carboxylic acids is 1. The van der Waals surface area contributed by atoms with Gasteiger partial charge in [0, 0.05) is 18.7 Å². The zero-order valence-corrected chi connectivity index (χ0v) is 15.0. The van der Waals surface area contributed by atoms with Gasteiger partial charge in [0.05, 0.1) is 18.3 Å². The summed E-state index contributed by atoms with van der Waals surface area (Å²) in [6.07, 6.45) is 2.18. The van der Waals surface area contributed by atoms with Gasteiger partial charge in [0.1, 0.15) is 6.61 Å². The van der Waals surface area contributed by atoms with E-state index < -0.39 is 12.1 Å². The monoisotopic (exact) mass is 377 g/mol. The van der Waals surface area contributed by atoms with Crippen molar-refractivity contribution in [1.29, 1.82) is 0 Å². The molecular formula is C21H19N3O4. The topological polar surface area (TPSA) is 93.5 Å². The second kappa shape index (κ2) is 7.56. The molecule has 7 heteroatoms. The summed E-state index contributed by atoms with van der Waals surface area (Å²) in [6.45, 7) is 0.902. The summed E-state index contributed by atoms with van der Waals surface area (Å²) in [7, 11) is 0. The van der Waals surface area contributed by atoms with Crippen molar-refractivity contribution in [3.63, 3.8) is 0 Å². The largest absolute Gasteiger partial charge is 0.478 e. The van der Waals surface area contributed by atoms with Gasteiger partial charge < -0.3 is 15.2 Å². The number of nitrogens with one attached hydrogen (secondary N) is 1. The average Bonchev–Trinajstić information content (AvgIpc) is 3.30. The smallest absolute Gasteiger partial charge is 0.407 e. The fourth-order valence-corrected chi connectivity index (χ4v) is 3.52. The van der Waals surface area contributed by atoms with Crippen LogP contribution < -0.4 is 5.32 Å². The molecule has 0 bridgehead atoms. The van der Waals surface area contributed by atoms with Crippen LogP contribution in [-0.4, -0.2) is 40.1 Å². The number of aromatic carboxylic acids is 1. The Morgan fingerprint density at radius 1 is 1.07 bits per heavy atom. The van der Waals surface area contributed by atoms with Gasteiger partial charge in [-0.15, -0.1) is 0 Å². The van der Waals surface area contributed by atoms with Crippen LogP contribution in [0.1, 0.15) is 27.4 Å². The minimum Gasteiger partial charge on any atom is -0.478 e. The van der Waals surface area contributed by atoms with E-state index in [1.807, 2.05) is 24.3 Å². The van der Waals surface area contributed by atoms with E-state index in [-0.39, 0.29) is 24.6 Å². The summed E-state index contributed by atoms with van der Waals surface area (Å²) in [5, 5.41) is 15.5. The van der Waals surface area contributed by atoms with Crippen molar-refractivity contribution < 1.29 is 19.4 Å². The number of nitrogens with zero attached hydrogens (tertiary/aromatic N) is 2. The van der Waals surface area contributed by atoms with Crippen LogP contribution in [0.25, 0.3) is 11.1 Å². The third-order valence-corrected chi connectivity index (χ3v) is 4.83. The number of fused-ring (bicyclic) bond motifs is 3. The number of aromatic nitrogens is 2. The molecule has 0 unspecified atom stereocenters. The van der Waals surface area contributed by atoms with Crippen LogP contribution in [0, 0.1) is 0 Å². The van der Waals surface area contributed by atoms with Crippen molar-refractivity contribution >= 4 is 12.1 Å². The van der Waals surface area contributed by atoms with E-state index in [1.54, 1.807) is 0 Å². The van der Waals surface area contributed by atoms with Crippen LogP contribution in [0.5, 0.6) is 0 Å². The van der Waals surface area contributed by atoms with E-state index in [0.717, 1.165) is 11.1 Å². The van der Waals surface area contributed by atoms with Crippen LogP contribution >= 0.6 is 0 Å². The number of alkyl carbamates (subject to hydrolysis) is 1. The van der Waals surface area contributed by atoms with E-state index >= 15 is 0 Å². The van der Waals surface area contributed by atoms with E-state index in [4.69, 9.17) is 9.84 Å².